The average molecular weight is 530 g/mol. The van der Waals surface area contributed by atoms with Crippen LogP contribution in [0.2, 0.25) is 0 Å². The van der Waals surface area contributed by atoms with E-state index in [0.29, 0.717) is 6.42 Å². The molecule has 0 amide bonds. The number of rotatable bonds is 9. The first-order valence-corrected chi connectivity index (χ1v) is 10.3. The predicted octanol–water partition coefficient (Wildman–Crippen LogP) is 7.00. The van der Waals surface area contributed by atoms with Crippen LogP contribution in [-0.4, -0.2) is 62.3 Å². The number of hydrogen-bond donors (Lipinski definition) is 0. The second-order valence-electron chi connectivity index (χ2n) is 8.15. The van der Waals surface area contributed by atoms with Crippen LogP contribution in [0.5, 0.6) is 0 Å². The summed E-state index contributed by atoms with van der Waals surface area (Å²) in [4.78, 5) is 0. The summed E-state index contributed by atoms with van der Waals surface area (Å²) in [5.41, 5.74) is -9.51. The van der Waals surface area contributed by atoms with Gasteiger partial charge in [-0.3, -0.25) is 0 Å². The van der Waals surface area contributed by atoms with Crippen LogP contribution in [0.3, 0.4) is 0 Å². The molecular formula is C19H26F12O3. The smallest absolute Gasteiger partial charge is 0.376 e. The summed E-state index contributed by atoms with van der Waals surface area (Å²) >= 11 is 0. The van der Waals surface area contributed by atoms with Gasteiger partial charge in [0.1, 0.15) is 0 Å². The summed E-state index contributed by atoms with van der Waals surface area (Å²) in [6, 6.07) is 0. The molecule has 0 aromatic carbocycles. The van der Waals surface area contributed by atoms with Crippen molar-refractivity contribution >= 4 is 0 Å². The highest BCUT2D eigenvalue weighted by atomic mass is 19.4. The molecule has 1 saturated carbocycles. The van der Waals surface area contributed by atoms with Crippen LogP contribution in [0.15, 0.2) is 0 Å². The predicted molar refractivity (Wildman–Crippen MR) is 93.8 cm³/mol. The maximum atomic E-state index is 13.8. The van der Waals surface area contributed by atoms with Gasteiger partial charge >= 0.3 is 24.7 Å². The Morgan fingerprint density at radius 1 is 0.647 bits per heavy atom. The van der Waals surface area contributed by atoms with Crippen molar-refractivity contribution in [1.29, 1.82) is 0 Å². The van der Waals surface area contributed by atoms with Crippen molar-refractivity contribution in [3.63, 3.8) is 0 Å². The Morgan fingerprint density at radius 2 is 1.00 bits per heavy atom. The van der Waals surface area contributed by atoms with E-state index in [4.69, 9.17) is 4.74 Å². The molecule has 1 aliphatic rings. The molecule has 1 fully saturated rings. The van der Waals surface area contributed by atoms with E-state index in [1.54, 1.807) is 6.92 Å². The van der Waals surface area contributed by atoms with Crippen molar-refractivity contribution in [3.8, 4) is 0 Å². The molecule has 0 saturated heterocycles. The minimum Gasteiger partial charge on any atom is -0.376 e. The number of methoxy groups -OCH3 is 1. The highest BCUT2D eigenvalue weighted by molar-refractivity contribution is 5.07. The van der Waals surface area contributed by atoms with Gasteiger partial charge in [-0.15, -0.1) is 0 Å². The molecule has 0 N–H and O–H groups in total. The molecule has 0 bridgehead atoms. The molecule has 3 nitrogen and oxygen atoms in total. The Kier molecular flexibility index (Phi) is 9.66. The monoisotopic (exact) mass is 530 g/mol. The summed E-state index contributed by atoms with van der Waals surface area (Å²) in [5, 5.41) is 0. The number of halogens is 12. The minimum absolute atomic E-state index is 0.142. The third kappa shape index (κ3) is 5.71. The molecule has 1 aliphatic carbocycles. The Balaban J connectivity index is 3.27. The van der Waals surface area contributed by atoms with Crippen LogP contribution in [0.1, 0.15) is 46.0 Å². The molecule has 15 heteroatoms. The molecular weight excluding hydrogens is 504 g/mol. The van der Waals surface area contributed by atoms with E-state index < -0.39 is 92.7 Å². The maximum Gasteiger partial charge on any atom is 0.426 e. The number of ether oxygens (including phenoxy) is 3. The Hall–Kier alpha value is -0.960. The van der Waals surface area contributed by atoms with Crippen molar-refractivity contribution in [1.82, 2.24) is 0 Å². The molecule has 0 spiro atoms. The molecule has 0 heterocycles. The van der Waals surface area contributed by atoms with E-state index in [1.165, 1.54) is 6.92 Å². The van der Waals surface area contributed by atoms with Crippen molar-refractivity contribution in [2.24, 2.45) is 11.8 Å². The number of hydrogen-bond acceptors (Lipinski definition) is 3. The fraction of sp³-hybridized carbons (Fsp3) is 1.00. The molecule has 1 rings (SSSR count). The van der Waals surface area contributed by atoms with E-state index in [-0.39, 0.29) is 7.11 Å². The standard InChI is InChI=1S/C19H26F12O3/c1-4-11(2)33-9-10-34-15(18(26,27)28,19(29,30)31)13-7-5-12(6-8-13)14(32-3,16(20,21)22)17(23,24)25/h11-13H,4-10H2,1-3H3. The molecule has 0 aliphatic heterocycles. The van der Waals surface area contributed by atoms with Gasteiger partial charge in [0.2, 0.25) is 0 Å². The zero-order chi connectivity index (χ0) is 26.8. The Morgan fingerprint density at radius 3 is 1.29 bits per heavy atom. The second-order valence-corrected chi connectivity index (χ2v) is 8.15. The van der Waals surface area contributed by atoms with Crippen LogP contribution in [-0.2, 0) is 14.2 Å². The first-order chi connectivity index (χ1) is 15.2. The molecule has 1 unspecified atom stereocenters. The molecule has 34 heavy (non-hydrogen) atoms. The van der Waals surface area contributed by atoms with E-state index >= 15 is 0 Å². The molecule has 1 atom stereocenters. The summed E-state index contributed by atoms with van der Waals surface area (Å²) < 4.78 is 177. The van der Waals surface area contributed by atoms with E-state index in [2.05, 4.69) is 9.47 Å². The Bertz CT molecular complexity index is 602. The maximum absolute atomic E-state index is 13.8. The van der Waals surface area contributed by atoms with Gasteiger partial charge in [-0.05, 0) is 39.0 Å². The first kappa shape index (κ1) is 31.1. The summed E-state index contributed by atoms with van der Waals surface area (Å²) in [6.07, 6.45) is -29.2. The zero-order valence-electron chi connectivity index (χ0n) is 18.4. The van der Waals surface area contributed by atoms with E-state index in [0.717, 1.165) is 0 Å². The first-order valence-electron chi connectivity index (χ1n) is 10.3. The van der Waals surface area contributed by atoms with E-state index in [1.807, 2.05) is 0 Å². The van der Waals surface area contributed by atoms with Gasteiger partial charge in [-0.1, -0.05) is 6.92 Å². The summed E-state index contributed by atoms with van der Waals surface area (Å²) in [5.74, 6) is -4.91. The topological polar surface area (TPSA) is 27.7 Å². The highest BCUT2D eigenvalue weighted by Gasteiger charge is 2.78. The molecule has 0 aromatic heterocycles. The van der Waals surface area contributed by atoms with Crippen molar-refractivity contribution < 1.29 is 66.9 Å². The summed E-state index contributed by atoms with van der Waals surface area (Å²) in [7, 11) is 0.142. The minimum atomic E-state index is -6.05. The zero-order valence-corrected chi connectivity index (χ0v) is 18.4. The van der Waals surface area contributed by atoms with Crippen LogP contribution in [0, 0.1) is 11.8 Å². The molecule has 204 valence electrons. The molecule has 0 radical (unpaired) electrons. The number of alkyl halides is 12. The van der Waals surface area contributed by atoms with Gasteiger partial charge in [-0.25, -0.2) is 0 Å². The van der Waals surface area contributed by atoms with Crippen LogP contribution < -0.4 is 0 Å². The third-order valence-corrected chi connectivity index (χ3v) is 6.27. The van der Waals surface area contributed by atoms with Crippen LogP contribution >= 0.6 is 0 Å². The average Bonchev–Trinajstić information content (AvgIpc) is 2.65. The lowest BCUT2D eigenvalue weighted by molar-refractivity contribution is -0.409. The summed E-state index contributed by atoms with van der Waals surface area (Å²) in [6.45, 7) is 1.40. The van der Waals surface area contributed by atoms with Crippen LogP contribution in [0.25, 0.3) is 0 Å². The van der Waals surface area contributed by atoms with Crippen molar-refractivity contribution in [3.05, 3.63) is 0 Å². The fourth-order valence-electron chi connectivity index (χ4n) is 4.40. The van der Waals surface area contributed by atoms with Gasteiger partial charge < -0.3 is 14.2 Å². The molecule has 0 aromatic rings. The second kappa shape index (κ2) is 10.6. The SMILES string of the molecule is CCC(C)OCCOC(C1CCC(C(OC)(C(F)(F)F)C(F)(F)F)CC1)(C(F)(F)F)C(F)(F)F. The Labute approximate surface area is 188 Å². The quantitative estimate of drug-likeness (QED) is 0.238. The third-order valence-electron chi connectivity index (χ3n) is 6.27. The lowest BCUT2D eigenvalue weighted by atomic mass is 9.67. The van der Waals surface area contributed by atoms with Gasteiger partial charge in [0.25, 0.3) is 11.2 Å². The van der Waals surface area contributed by atoms with Gasteiger partial charge in [-0.2, -0.15) is 52.7 Å². The van der Waals surface area contributed by atoms with Crippen LogP contribution in [0.4, 0.5) is 52.7 Å². The van der Waals surface area contributed by atoms with Crippen molar-refractivity contribution in [2.75, 3.05) is 20.3 Å². The lowest BCUT2D eigenvalue weighted by Crippen LogP contribution is -2.66. The largest absolute Gasteiger partial charge is 0.426 e. The lowest BCUT2D eigenvalue weighted by Gasteiger charge is -2.48. The van der Waals surface area contributed by atoms with Gasteiger partial charge in [0.05, 0.1) is 19.3 Å². The fourth-order valence-corrected chi connectivity index (χ4v) is 4.40. The van der Waals surface area contributed by atoms with Crippen molar-refractivity contribution in [2.45, 2.75) is 88.0 Å². The normalized spacial score (nSPS) is 22.7. The van der Waals surface area contributed by atoms with E-state index in [9.17, 15) is 52.7 Å². The van der Waals surface area contributed by atoms with Gasteiger partial charge in [0, 0.05) is 18.9 Å². The van der Waals surface area contributed by atoms with Gasteiger partial charge in [0.15, 0.2) is 0 Å². The highest BCUT2D eigenvalue weighted by Crippen LogP contribution is 2.59.